The van der Waals surface area contributed by atoms with Crippen LogP contribution in [-0.2, 0) is 12.8 Å². The first-order valence-corrected chi connectivity index (χ1v) is 12.5. The van der Waals surface area contributed by atoms with Gasteiger partial charge in [0.25, 0.3) is 11.8 Å². The SMILES string of the molecule is CN1CCN(C(=O)c2c(NC(=O)c3cccc(Cl)c3)sc3c2CCC(C(C)(C)C)C3)CC1. The number of thiophene rings is 1. The maximum absolute atomic E-state index is 13.7. The molecule has 1 aliphatic carbocycles. The zero-order chi connectivity index (χ0) is 23.0. The van der Waals surface area contributed by atoms with Crippen molar-refractivity contribution in [3.05, 3.63) is 50.9 Å². The third-order valence-electron chi connectivity index (χ3n) is 6.81. The van der Waals surface area contributed by atoms with Gasteiger partial charge in [0.05, 0.1) is 5.56 Å². The molecule has 4 rings (SSSR count). The molecule has 1 aliphatic heterocycles. The molecule has 0 radical (unpaired) electrons. The van der Waals surface area contributed by atoms with Gasteiger partial charge in [-0.2, -0.15) is 0 Å². The Morgan fingerprint density at radius 2 is 1.88 bits per heavy atom. The van der Waals surface area contributed by atoms with Crippen molar-refractivity contribution in [1.29, 1.82) is 0 Å². The number of nitrogens with one attached hydrogen (secondary N) is 1. The van der Waals surface area contributed by atoms with E-state index in [4.69, 9.17) is 11.6 Å². The quantitative estimate of drug-likeness (QED) is 0.667. The van der Waals surface area contributed by atoms with E-state index in [1.165, 1.54) is 4.88 Å². The molecular formula is C25H32ClN3O2S. The van der Waals surface area contributed by atoms with Crippen LogP contribution in [0.2, 0.25) is 5.02 Å². The van der Waals surface area contributed by atoms with Crippen LogP contribution in [0.1, 0.15) is 58.3 Å². The van der Waals surface area contributed by atoms with Crippen LogP contribution < -0.4 is 5.32 Å². The van der Waals surface area contributed by atoms with Crippen LogP contribution in [0.15, 0.2) is 24.3 Å². The molecule has 2 aromatic rings. The number of piperazine rings is 1. The van der Waals surface area contributed by atoms with Crippen LogP contribution >= 0.6 is 22.9 Å². The molecule has 0 spiro atoms. The van der Waals surface area contributed by atoms with E-state index in [9.17, 15) is 9.59 Å². The molecule has 2 heterocycles. The van der Waals surface area contributed by atoms with Gasteiger partial charge in [-0.25, -0.2) is 0 Å². The summed E-state index contributed by atoms with van der Waals surface area (Å²) in [5.41, 5.74) is 2.56. The van der Waals surface area contributed by atoms with Crippen LogP contribution in [0, 0.1) is 11.3 Å². The third-order valence-corrected chi connectivity index (χ3v) is 8.21. The first-order valence-electron chi connectivity index (χ1n) is 11.3. The van der Waals surface area contributed by atoms with Gasteiger partial charge in [0.2, 0.25) is 0 Å². The molecule has 0 saturated carbocycles. The van der Waals surface area contributed by atoms with Crippen LogP contribution in [0.5, 0.6) is 0 Å². The minimum Gasteiger partial charge on any atom is -0.336 e. The molecule has 5 nitrogen and oxygen atoms in total. The number of anilines is 1. The number of carbonyl (C=O) groups is 2. The van der Waals surface area contributed by atoms with Gasteiger partial charge in [-0.15, -0.1) is 11.3 Å². The third kappa shape index (κ3) is 4.87. The number of amides is 2. The normalized spacial score (nSPS) is 19.5. The van der Waals surface area contributed by atoms with Gasteiger partial charge in [0.1, 0.15) is 5.00 Å². The molecule has 1 aromatic heterocycles. The Bertz CT molecular complexity index is 1020. The molecule has 1 unspecified atom stereocenters. The number of hydrogen-bond donors (Lipinski definition) is 1. The first-order chi connectivity index (χ1) is 15.1. The maximum atomic E-state index is 13.7. The zero-order valence-corrected chi connectivity index (χ0v) is 20.9. The highest BCUT2D eigenvalue weighted by Crippen LogP contribution is 2.44. The highest BCUT2D eigenvalue weighted by Gasteiger charge is 2.35. The van der Waals surface area contributed by atoms with Crippen LogP contribution in [0.25, 0.3) is 0 Å². The Balaban J connectivity index is 1.67. The molecule has 1 N–H and O–H groups in total. The predicted octanol–water partition coefficient (Wildman–Crippen LogP) is 5.19. The van der Waals surface area contributed by atoms with Crippen molar-refractivity contribution in [3.63, 3.8) is 0 Å². The first kappa shape index (κ1) is 23.3. The molecule has 1 fully saturated rings. The molecule has 1 aromatic carbocycles. The van der Waals surface area contributed by atoms with E-state index in [1.807, 2.05) is 4.90 Å². The summed E-state index contributed by atoms with van der Waals surface area (Å²) in [6, 6.07) is 6.91. The monoisotopic (exact) mass is 473 g/mol. The number of rotatable bonds is 3. The highest BCUT2D eigenvalue weighted by molar-refractivity contribution is 7.17. The predicted molar refractivity (Wildman–Crippen MR) is 132 cm³/mol. The number of likely N-dealkylation sites (N-methyl/N-ethyl adjacent to an activating group) is 1. The molecule has 7 heteroatoms. The molecule has 2 amide bonds. The Hall–Kier alpha value is -1.89. The summed E-state index contributed by atoms with van der Waals surface area (Å²) in [6.45, 7) is 10.0. The second-order valence-corrected chi connectivity index (χ2v) is 11.6. The topological polar surface area (TPSA) is 52.6 Å². The lowest BCUT2D eigenvalue weighted by atomic mass is 9.72. The molecule has 1 atom stereocenters. The van der Waals surface area contributed by atoms with Crippen molar-refractivity contribution in [2.24, 2.45) is 11.3 Å². The van der Waals surface area contributed by atoms with Crippen LogP contribution in [-0.4, -0.2) is 54.8 Å². The fourth-order valence-corrected chi connectivity index (χ4v) is 6.12. The number of hydrogen-bond acceptors (Lipinski definition) is 4. The Morgan fingerprint density at radius 1 is 1.16 bits per heavy atom. The van der Waals surface area contributed by atoms with Crippen molar-refractivity contribution in [3.8, 4) is 0 Å². The number of carbonyl (C=O) groups excluding carboxylic acids is 2. The van der Waals surface area contributed by atoms with E-state index in [1.54, 1.807) is 35.6 Å². The van der Waals surface area contributed by atoms with Crippen molar-refractivity contribution in [2.75, 3.05) is 38.5 Å². The van der Waals surface area contributed by atoms with Crippen LogP contribution in [0.3, 0.4) is 0 Å². The second-order valence-electron chi connectivity index (χ2n) is 10.1. The summed E-state index contributed by atoms with van der Waals surface area (Å²) < 4.78 is 0. The molecule has 1 saturated heterocycles. The van der Waals surface area contributed by atoms with Gasteiger partial charge >= 0.3 is 0 Å². The average molecular weight is 474 g/mol. The Labute approximate surface area is 199 Å². The summed E-state index contributed by atoms with van der Waals surface area (Å²) in [4.78, 5) is 32.1. The summed E-state index contributed by atoms with van der Waals surface area (Å²) >= 11 is 7.67. The fourth-order valence-electron chi connectivity index (χ4n) is 4.61. The van der Waals surface area contributed by atoms with Gasteiger partial charge in [-0.3, -0.25) is 9.59 Å². The molecular weight excluding hydrogens is 442 g/mol. The van der Waals surface area contributed by atoms with E-state index < -0.39 is 0 Å². The van der Waals surface area contributed by atoms with E-state index in [0.717, 1.165) is 37.9 Å². The minimum absolute atomic E-state index is 0.0474. The summed E-state index contributed by atoms with van der Waals surface area (Å²) in [7, 11) is 2.08. The Morgan fingerprint density at radius 3 is 2.53 bits per heavy atom. The zero-order valence-electron chi connectivity index (χ0n) is 19.3. The van der Waals surface area contributed by atoms with Gasteiger partial charge in [-0.05, 0) is 61.4 Å². The van der Waals surface area contributed by atoms with Gasteiger partial charge in [0.15, 0.2) is 0 Å². The summed E-state index contributed by atoms with van der Waals surface area (Å²) in [5, 5.41) is 4.25. The molecule has 0 bridgehead atoms. The van der Waals surface area contributed by atoms with Crippen molar-refractivity contribution in [1.82, 2.24) is 9.80 Å². The van der Waals surface area contributed by atoms with Gasteiger partial charge in [-0.1, -0.05) is 38.4 Å². The van der Waals surface area contributed by atoms with E-state index in [0.29, 0.717) is 40.2 Å². The highest BCUT2D eigenvalue weighted by atomic mass is 35.5. The molecule has 2 aliphatic rings. The van der Waals surface area contributed by atoms with E-state index in [2.05, 4.69) is 38.0 Å². The lowest BCUT2D eigenvalue weighted by Crippen LogP contribution is -2.47. The summed E-state index contributed by atoms with van der Waals surface area (Å²) in [5.74, 6) is 0.383. The smallest absolute Gasteiger partial charge is 0.257 e. The van der Waals surface area contributed by atoms with Crippen molar-refractivity contribution in [2.45, 2.75) is 40.0 Å². The lowest BCUT2D eigenvalue weighted by Gasteiger charge is -2.35. The Kier molecular flexibility index (Phi) is 6.66. The lowest BCUT2D eigenvalue weighted by molar-refractivity contribution is 0.0664. The standard InChI is InChI=1S/C25H32ClN3O2S/c1-25(2,3)17-8-9-19-20(15-17)32-23(27-22(30)16-6-5-7-18(26)14-16)21(19)24(31)29-12-10-28(4)11-13-29/h5-7,14,17H,8-13,15H2,1-4H3,(H,27,30). The fraction of sp³-hybridized carbons (Fsp3) is 0.520. The molecule has 172 valence electrons. The number of fused-ring (bicyclic) bond motifs is 1. The number of halogens is 1. The molecule has 32 heavy (non-hydrogen) atoms. The van der Waals surface area contributed by atoms with E-state index >= 15 is 0 Å². The average Bonchev–Trinajstić information content (AvgIpc) is 3.10. The van der Waals surface area contributed by atoms with Crippen LogP contribution in [0.4, 0.5) is 5.00 Å². The van der Waals surface area contributed by atoms with E-state index in [-0.39, 0.29) is 17.2 Å². The summed E-state index contributed by atoms with van der Waals surface area (Å²) in [6.07, 6.45) is 2.91. The number of nitrogens with zero attached hydrogens (tertiary/aromatic N) is 2. The van der Waals surface area contributed by atoms with Crippen molar-refractivity contribution < 1.29 is 9.59 Å². The van der Waals surface area contributed by atoms with Gasteiger partial charge in [0, 0.05) is 41.6 Å². The largest absolute Gasteiger partial charge is 0.336 e. The van der Waals surface area contributed by atoms with Crippen molar-refractivity contribution >= 4 is 39.8 Å². The maximum Gasteiger partial charge on any atom is 0.257 e. The second kappa shape index (κ2) is 9.16. The van der Waals surface area contributed by atoms with Gasteiger partial charge < -0.3 is 15.1 Å². The number of benzene rings is 1. The minimum atomic E-state index is -0.231.